The zero-order valence-electron chi connectivity index (χ0n) is 15.5. The SMILES string of the molecule is COCCn1c(SCC(=O)Nc2ccc(C)c([N+](=O)[O-])c2)nc2ccccc21. The number of nitro groups is 1. The van der Waals surface area contributed by atoms with E-state index in [2.05, 4.69) is 10.3 Å². The number of benzene rings is 2. The molecule has 0 aliphatic heterocycles. The smallest absolute Gasteiger partial charge is 0.274 e. The predicted octanol–water partition coefficient (Wildman–Crippen LogP) is 3.63. The molecule has 0 saturated carbocycles. The Kier molecular flexibility index (Phi) is 6.27. The molecule has 28 heavy (non-hydrogen) atoms. The van der Waals surface area contributed by atoms with E-state index in [9.17, 15) is 14.9 Å². The number of hydrogen-bond donors (Lipinski definition) is 1. The maximum absolute atomic E-state index is 12.3. The fourth-order valence-electron chi connectivity index (χ4n) is 2.77. The van der Waals surface area contributed by atoms with Crippen molar-refractivity contribution in [3.05, 3.63) is 58.1 Å². The van der Waals surface area contributed by atoms with Gasteiger partial charge in [0.1, 0.15) is 0 Å². The summed E-state index contributed by atoms with van der Waals surface area (Å²) in [6, 6.07) is 12.4. The summed E-state index contributed by atoms with van der Waals surface area (Å²) in [5.41, 5.74) is 2.76. The van der Waals surface area contributed by atoms with Crippen molar-refractivity contribution >= 4 is 40.1 Å². The van der Waals surface area contributed by atoms with Crippen molar-refractivity contribution in [2.24, 2.45) is 0 Å². The molecule has 1 aromatic heterocycles. The van der Waals surface area contributed by atoms with Crippen LogP contribution in [0.2, 0.25) is 0 Å². The molecule has 1 N–H and O–H groups in total. The Hall–Kier alpha value is -2.91. The lowest BCUT2D eigenvalue weighted by molar-refractivity contribution is -0.385. The van der Waals surface area contributed by atoms with Crippen LogP contribution in [-0.2, 0) is 16.1 Å². The number of aromatic nitrogens is 2. The minimum Gasteiger partial charge on any atom is -0.383 e. The zero-order valence-corrected chi connectivity index (χ0v) is 16.4. The molecule has 0 aliphatic rings. The van der Waals surface area contributed by atoms with Crippen molar-refractivity contribution < 1.29 is 14.5 Å². The van der Waals surface area contributed by atoms with Gasteiger partial charge in [-0.3, -0.25) is 14.9 Å². The fourth-order valence-corrected chi connectivity index (χ4v) is 3.61. The molecule has 146 valence electrons. The van der Waals surface area contributed by atoms with Gasteiger partial charge < -0.3 is 14.6 Å². The van der Waals surface area contributed by atoms with E-state index in [0.29, 0.717) is 24.4 Å². The highest BCUT2D eigenvalue weighted by Gasteiger charge is 2.15. The molecule has 0 radical (unpaired) electrons. The van der Waals surface area contributed by atoms with Crippen molar-refractivity contribution in [1.29, 1.82) is 0 Å². The molecule has 0 bridgehead atoms. The monoisotopic (exact) mass is 400 g/mol. The maximum Gasteiger partial charge on any atom is 0.274 e. The lowest BCUT2D eigenvalue weighted by atomic mass is 10.2. The van der Waals surface area contributed by atoms with Crippen LogP contribution in [0.15, 0.2) is 47.6 Å². The van der Waals surface area contributed by atoms with Gasteiger partial charge in [0.25, 0.3) is 5.69 Å². The van der Waals surface area contributed by atoms with E-state index in [-0.39, 0.29) is 17.3 Å². The van der Waals surface area contributed by atoms with Crippen LogP contribution >= 0.6 is 11.8 Å². The number of hydrogen-bond acceptors (Lipinski definition) is 6. The van der Waals surface area contributed by atoms with Gasteiger partial charge in [0, 0.05) is 31.0 Å². The van der Waals surface area contributed by atoms with Crippen LogP contribution in [0.25, 0.3) is 11.0 Å². The second-order valence-corrected chi connectivity index (χ2v) is 7.07. The Morgan fingerprint density at radius 2 is 2.11 bits per heavy atom. The highest BCUT2D eigenvalue weighted by Crippen LogP contribution is 2.25. The fraction of sp³-hybridized carbons (Fsp3) is 0.263. The van der Waals surface area contributed by atoms with E-state index in [1.807, 2.05) is 28.8 Å². The number of thioether (sulfide) groups is 1. The van der Waals surface area contributed by atoms with Crippen molar-refractivity contribution in [1.82, 2.24) is 9.55 Å². The van der Waals surface area contributed by atoms with Crippen molar-refractivity contribution in [2.45, 2.75) is 18.6 Å². The number of carbonyl (C=O) groups excluding carboxylic acids is 1. The number of nitrogens with zero attached hydrogens (tertiary/aromatic N) is 3. The summed E-state index contributed by atoms with van der Waals surface area (Å²) in [4.78, 5) is 27.5. The molecule has 8 nitrogen and oxygen atoms in total. The number of ether oxygens (including phenoxy) is 1. The lowest BCUT2D eigenvalue weighted by Gasteiger charge is -2.09. The lowest BCUT2D eigenvalue weighted by Crippen LogP contribution is -2.15. The highest BCUT2D eigenvalue weighted by molar-refractivity contribution is 7.99. The minimum absolute atomic E-state index is 0.0215. The van der Waals surface area contributed by atoms with Gasteiger partial charge in [-0.15, -0.1) is 0 Å². The Labute approximate surface area is 166 Å². The van der Waals surface area contributed by atoms with E-state index in [0.717, 1.165) is 16.2 Å². The van der Waals surface area contributed by atoms with Crippen molar-refractivity contribution in [3.8, 4) is 0 Å². The molecule has 1 heterocycles. The van der Waals surface area contributed by atoms with Crippen molar-refractivity contribution in [2.75, 3.05) is 24.8 Å². The predicted molar refractivity (Wildman–Crippen MR) is 109 cm³/mol. The molecule has 1 amide bonds. The summed E-state index contributed by atoms with van der Waals surface area (Å²) in [5, 5.41) is 14.5. The highest BCUT2D eigenvalue weighted by atomic mass is 32.2. The number of nitrogens with one attached hydrogen (secondary N) is 1. The van der Waals surface area contributed by atoms with Crippen LogP contribution in [0, 0.1) is 17.0 Å². The molecule has 9 heteroatoms. The zero-order chi connectivity index (χ0) is 20.1. The third kappa shape index (κ3) is 4.49. The largest absolute Gasteiger partial charge is 0.383 e. The van der Waals surface area contributed by atoms with Gasteiger partial charge in [0.15, 0.2) is 5.16 Å². The molecule has 0 atom stereocenters. The molecule has 0 spiro atoms. The topological polar surface area (TPSA) is 99.3 Å². The molecule has 0 aliphatic carbocycles. The molecule has 3 aromatic rings. The van der Waals surface area contributed by atoms with Gasteiger partial charge in [-0.2, -0.15) is 0 Å². The van der Waals surface area contributed by atoms with Crippen LogP contribution in [0.4, 0.5) is 11.4 Å². The number of methoxy groups -OCH3 is 1. The third-order valence-corrected chi connectivity index (χ3v) is 5.14. The molecule has 0 unspecified atom stereocenters. The Morgan fingerprint density at radius 1 is 1.32 bits per heavy atom. The number of nitro benzene ring substituents is 1. The second-order valence-electron chi connectivity index (χ2n) is 6.12. The number of carbonyl (C=O) groups is 1. The summed E-state index contributed by atoms with van der Waals surface area (Å²) >= 11 is 1.31. The summed E-state index contributed by atoms with van der Waals surface area (Å²) < 4.78 is 7.19. The standard InChI is InChI=1S/C19H20N4O4S/c1-13-7-8-14(11-17(13)23(25)26)20-18(24)12-28-19-21-15-5-3-4-6-16(15)22(19)9-10-27-2/h3-8,11H,9-10,12H2,1-2H3,(H,20,24). The van der Waals surface area contributed by atoms with Gasteiger partial charge in [0.2, 0.25) is 5.91 Å². The summed E-state index contributed by atoms with van der Waals surface area (Å²) in [5.74, 6) is -0.119. The van der Waals surface area contributed by atoms with E-state index in [4.69, 9.17) is 4.74 Å². The number of para-hydroxylation sites is 2. The third-order valence-electron chi connectivity index (χ3n) is 4.16. The Morgan fingerprint density at radius 3 is 2.86 bits per heavy atom. The average molecular weight is 400 g/mol. The molecule has 2 aromatic carbocycles. The van der Waals surface area contributed by atoms with Crippen molar-refractivity contribution in [3.63, 3.8) is 0 Å². The van der Waals surface area contributed by atoms with E-state index < -0.39 is 4.92 Å². The van der Waals surface area contributed by atoms with Crippen LogP contribution < -0.4 is 5.32 Å². The number of aryl methyl sites for hydroxylation is 1. The number of anilines is 1. The van der Waals surface area contributed by atoms with Gasteiger partial charge in [0.05, 0.1) is 28.3 Å². The minimum atomic E-state index is -0.460. The normalized spacial score (nSPS) is 10.9. The number of imidazole rings is 1. The maximum atomic E-state index is 12.3. The Balaban J connectivity index is 1.71. The van der Waals surface area contributed by atoms with E-state index in [1.54, 1.807) is 26.2 Å². The number of amides is 1. The number of fused-ring (bicyclic) bond motifs is 1. The van der Waals surface area contributed by atoms with Crippen LogP contribution in [0.3, 0.4) is 0 Å². The van der Waals surface area contributed by atoms with E-state index in [1.165, 1.54) is 17.8 Å². The first-order valence-corrected chi connectivity index (χ1v) is 9.60. The van der Waals surface area contributed by atoms with Gasteiger partial charge >= 0.3 is 0 Å². The van der Waals surface area contributed by atoms with Crippen LogP contribution in [0.5, 0.6) is 0 Å². The summed E-state index contributed by atoms with van der Waals surface area (Å²) in [6.45, 7) is 2.82. The summed E-state index contributed by atoms with van der Waals surface area (Å²) in [6.07, 6.45) is 0. The first-order valence-electron chi connectivity index (χ1n) is 8.61. The quantitative estimate of drug-likeness (QED) is 0.352. The molecular formula is C19H20N4O4S. The average Bonchev–Trinajstić information content (AvgIpc) is 3.03. The van der Waals surface area contributed by atoms with Crippen LogP contribution in [0.1, 0.15) is 5.56 Å². The second kappa shape index (κ2) is 8.85. The summed E-state index contributed by atoms with van der Waals surface area (Å²) in [7, 11) is 1.64. The Bertz CT molecular complexity index is 1020. The first-order chi connectivity index (χ1) is 13.5. The van der Waals surface area contributed by atoms with Crippen LogP contribution in [-0.4, -0.2) is 39.9 Å². The number of rotatable bonds is 8. The molecular weight excluding hydrogens is 380 g/mol. The first kappa shape index (κ1) is 19.8. The van der Waals surface area contributed by atoms with E-state index >= 15 is 0 Å². The molecule has 0 saturated heterocycles. The van der Waals surface area contributed by atoms with Gasteiger partial charge in [-0.05, 0) is 25.1 Å². The molecule has 3 rings (SSSR count). The van der Waals surface area contributed by atoms with Gasteiger partial charge in [-0.1, -0.05) is 30.0 Å². The van der Waals surface area contributed by atoms with Gasteiger partial charge in [-0.25, -0.2) is 4.98 Å². The molecule has 0 fully saturated rings.